The minimum absolute atomic E-state index is 0.0727. The lowest BCUT2D eigenvalue weighted by Gasteiger charge is -2.18. The molecule has 24 heavy (non-hydrogen) atoms. The standard InChI is InChI=1S/C19H23N3O2/c1-11-15(17(24)22-18(20-11)19(2,3)4)16(23)21-14-9-8-12-6-5-7-13(12)10-14/h8-10H,5-7H2,1-4H3,(H,21,23)(H,20,22,24). The van der Waals surface area contributed by atoms with Gasteiger partial charge in [0.1, 0.15) is 11.4 Å². The Kier molecular flexibility index (Phi) is 4.03. The molecule has 1 aliphatic carbocycles. The summed E-state index contributed by atoms with van der Waals surface area (Å²) in [4.78, 5) is 32.1. The summed E-state index contributed by atoms with van der Waals surface area (Å²) in [5, 5.41) is 2.83. The van der Waals surface area contributed by atoms with Crippen LogP contribution in [-0.4, -0.2) is 15.9 Å². The average molecular weight is 325 g/mol. The maximum atomic E-state index is 12.5. The third kappa shape index (κ3) is 3.11. The molecule has 2 aromatic rings. The van der Waals surface area contributed by atoms with Gasteiger partial charge in [-0.2, -0.15) is 0 Å². The van der Waals surface area contributed by atoms with E-state index in [1.807, 2.05) is 32.9 Å². The van der Waals surface area contributed by atoms with Gasteiger partial charge in [0.25, 0.3) is 11.5 Å². The van der Waals surface area contributed by atoms with Crippen molar-refractivity contribution in [2.24, 2.45) is 0 Å². The van der Waals surface area contributed by atoms with Crippen molar-refractivity contribution >= 4 is 11.6 Å². The molecule has 0 spiro atoms. The van der Waals surface area contributed by atoms with E-state index in [0.29, 0.717) is 11.5 Å². The molecule has 1 aromatic carbocycles. The molecular weight excluding hydrogens is 302 g/mol. The Morgan fingerprint density at radius 3 is 2.58 bits per heavy atom. The zero-order valence-electron chi connectivity index (χ0n) is 14.6. The van der Waals surface area contributed by atoms with Crippen LogP contribution in [0.1, 0.15) is 60.2 Å². The lowest BCUT2D eigenvalue weighted by atomic mass is 9.95. The first-order chi connectivity index (χ1) is 11.3. The van der Waals surface area contributed by atoms with E-state index in [4.69, 9.17) is 0 Å². The summed E-state index contributed by atoms with van der Waals surface area (Å²) in [6, 6.07) is 5.94. The van der Waals surface area contributed by atoms with E-state index in [1.165, 1.54) is 11.1 Å². The van der Waals surface area contributed by atoms with Crippen molar-refractivity contribution in [1.82, 2.24) is 9.97 Å². The number of rotatable bonds is 2. The monoisotopic (exact) mass is 325 g/mol. The smallest absolute Gasteiger partial charge is 0.264 e. The quantitative estimate of drug-likeness (QED) is 0.891. The highest BCUT2D eigenvalue weighted by Crippen LogP contribution is 2.25. The van der Waals surface area contributed by atoms with E-state index in [9.17, 15) is 9.59 Å². The van der Waals surface area contributed by atoms with E-state index in [2.05, 4.69) is 21.4 Å². The van der Waals surface area contributed by atoms with Gasteiger partial charge >= 0.3 is 0 Å². The molecule has 2 N–H and O–H groups in total. The van der Waals surface area contributed by atoms with Crippen LogP contribution in [0.3, 0.4) is 0 Å². The number of fused-ring (bicyclic) bond motifs is 1. The number of anilines is 1. The molecule has 0 aliphatic heterocycles. The summed E-state index contributed by atoms with van der Waals surface area (Å²) in [5.74, 6) is 0.165. The molecule has 0 unspecified atom stereocenters. The highest BCUT2D eigenvalue weighted by Gasteiger charge is 2.22. The van der Waals surface area contributed by atoms with Gasteiger partial charge in [0.2, 0.25) is 0 Å². The second kappa shape index (κ2) is 5.89. The van der Waals surface area contributed by atoms with Crippen LogP contribution in [0.2, 0.25) is 0 Å². The first-order valence-electron chi connectivity index (χ1n) is 8.30. The lowest BCUT2D eigenvalue weighted by molar-refractivity contribution is 0.102. The number of nitrogens with zero attached hydrogens (tertiary/aromatic N) is 1. The normalized spacial score (nSPS) is 13.7. The number of H-pyrrole nitrogens is 1. The van der Waals surface area contributed by atoms with E-state index < -0.39 is 11.5 Å². The number of amides is 1. The maximum Gasteiger partial charge on any atom is 0.264 e. The van der Waals surface area contributed by atoms with Crippen LogP contribution in [-0.2, 0) is 18.3 Å². The summed E-state index contributed by atoms with van der Waals surface area (Å²) in [5.41, 5.74) is 3.19. The number of aromatic nitrogens is 2. The van der Waals surface area contributed by atoms with Crippen LogP contribution >= 0.6 is 0 Å². The van der Waals surface area contributed by atoms with Gasteiger partial charge in [0.05, 0.1) is 5.69 Å². The first-order valence-corrected chi connectivity index (χ1v) is 8.30. The molecule has 0 saturated heterocycles. The van der Waals surface area contributed by atoms with Crippen LogP contribution < -0.4 is 10.9 Å². The van der Waals surface area contributed by atoms with Crippen LogP contribution in [0.4, 0.5) is 5.69 Å². The molecule has 126 valence electrons. The Hall–Kier alpha value is -2.43. The number of aromatic amines is 1. The van der Waals surface area contributed by atoms with Crippen molar-refractivity contribution < 1.29 is 4.79 Å². The summed E-state index contributed by atoms with van der Waals surface area (Å²) < 4.78 is 0. The molecule has 0 bridgehead atoms. The van der Waals surface area contributed by atoms with Crippen molar-refractivity contribution in [2.75, 3.05) is 5.32 Å². The Bertz CT molecular complexity index is 860. The fourth-order valence-corrected chi connectivity index (χ4v) is 3.05. The van der Waals surface area contributed by atoms with Crippen LogP contribution in [0.25, 0.3) is 0 Å². The second-order valence-corrected chi connectivity index (χ2v) is 7.42. The molecule has 0 saturated carbocycles. The Morgan fingerprint density at radius 2 is 1.92 bits per heavy atom. The molecule has 0 atom stereocenters. The van der Waals surface area contributed by atoms with Crippen molar-refractivity contribution in [3.05, 3.63) is 56.8 Å². The SMILES string of the molecule is Cc1nc(C(C)(C)C)[nH]c(=O)c1C(=O)Nc1ccc2c(c1)CCC2. The molecule has 1 amide bonds. The zero-order valence-corrected chi connectivity index (χ0v) is 14.6. The number of nitrogens with one attached hydrogen (secondary N) is 2. The van der Waals surface area contributed by atoms with Crippen molar-refractivity contribution in [3.8, 4) is 0 Å². The maximum absolute atomic E-state index is 12.5. The topological polar surface area (TPSA) is 74.8 Å². The van der Waals surface area contributed by atoms with Crippen LogP contribution in [0, 0.1) is 6.92 Å². The van der Waals surface area contributed by atoms with Gasteiger partial charge < -0.3 is 10.3 Å². The minimum Gasteiger partial charge on any atom is -0.322 e. The van der Waals surface area contributed by atoms with E-state index in [1.54, 1.807) is 6.92 Å². The number of benzene rings is 1. The van der Waals surface area contributed by atoms with Gasteiger partial charge in [-0.15, -0.1) is 0 Å². The van der Waals surface area contributed by atoms with E-state index in [-0.39, 0.29) is 11.0 Å². The fraction of sp³-hybridized carbons (Fsp3) is 0.421. The Morgan fingerprint density at radius 1 is 1.21 bits per heavy atom. The predicted octanol–water partition coefficient (Wildman–Crippen LogP) is 3.12. The Balaban J connectivity index is 1.89. The highest BCUT2D eigenvalue weighted by molar-refractivity contribution is 6.04. The molecule has 3 rings (SSSR count). The zero-order chi connectivity index (χ0) is 17.5. The molecule has 1 aliphatic rings. The average Bonchev–Trinajstić information content (AvgIpc) is 2.93. The Labute approximate surface area is 141 Å². The summed E-state index contributed by atoms with van der Waals surface area (Å²) in [6.45, 7) is 7.60. The van der Waals surface area contributed by atoms with Crippen LogP contribution in [0.15, 0.2) is 23.0 Å². The number of hydrogen-bond donors (Lipinski definition) is 2. The predicted molar refractivity (Wildman–Crippen MR) is 94.7 cm³/mol. The number of aryl methyl sites for hydroxylation is 3. The largest absolute Gasteiger partial charge is 0.322 e. The van der Waals surface area contributed by atoms with Crippen molar-refractivity contribution in [2.45, 2.75) is 52.4 Å². The second-order valence-electron chi connectivity index (χ2n) is 7.42. The van der Waals surface area contributed by atoms with Crippen molar-refractivity contribution in [3.63, 3.8) is 0 Å². The fourth-order valence-electron chi connectivity index (χ4n) is 3.05. The lowest BCUT2D eigenvalue weighted by Crippen LogP contribution is -2.30. The molecule has 5 heteroatoms. The summed E-state index contributed by atoms with van der Waals surface area (Å²) in [7, 11) is 0. The number of carbonyl (C=O) groups excluding carboxylic acids is 1. The van der Waals surface area contributed by atoms with Gasteiger partial charge in [0, 0.05) is 11.1 Å². The third-order valence-corrected chi connectivity index (χ3v) is 4.39. The molecular formula is C19H23N3O2. The molecule has 5 nitrogen and oxygen atoms in total. The third-order valence-electron chi connectivity index (χ3n) is 4.39. The molecule has 0 fully saturated rings. The van der Waals surface area contributed by atoms with E-state index >= 15 is 0 Å². The number of hydrogen-bond acceptors (Lipinski definition) is 3. The van der Waals surface area contributed by atoms with Gasteiger partial charge in [0.15, 0.2) is 0 Å². The minimum atomic E-state index is -0.417. The van der Waals surface area contributed by atoms with Gasteiger partial charge in [-0.3, -0.25) is 9.59 Å². The molecule has 1 heterocycles. The van der Waals surface area contributed by atoms with E-state index in [0.717, 1.165) is 24.9 Å². The first kappa shape index (κ1) is 16.4. The highest BCUT2D eigenvalue weighted by atomic mass is 16.2. The van der Waals surface area contributed by atoms with Gasteiger partial charge in [-0.25, -0.2) is 4.98 Å². The van der Waals surface area contributed by atoms with Crippen molar-refractivity contribution in [1.29, 1.82) is 0 Å². The van der Waals surface area contributed by atoms with Gasteiger partial charge in [-0.1, -0.05) is 26.8 Å². The van der Waals surface area contributed by atoms with Gasteiger partial charge in [-0.05, 0) is 49.4 Å². The molecule has 1 aromatic heterocycles. The number of carbonyl (C=O) groups is 1. The summed E-state index contributed by atoms with van der Waals surface area (Å²) in [6.07, 6.45) is 3.30. The van der Waals surface area contributed by atoms with Crippen LogP contribution in [0.5, 0.6) is 0 Å². The molecule has 0 radical (unpaired) electrons. The summed E-state index contributed by atoms with van der Waals surface area (Å²) >= 11 is 0.